The standard InChI is InChI=1S/C19H17F2N3OS/c20-11-8-9-16-17(10-11)26-19(24-16)23-15-7-3-6-14(15)22-18(25)12-4-1-2-5-13(12)21/h1-2,4-5,8-10,14-15H,3,6-7H2,(H,22,25)(H,23,24). The van der Waals surface area contributed by atoms with E-state index >= 15 is 0 Å². The Morgan fingerprint density at radius 2 is 1.92 bits per heavy atom. The number of fused-ring (bicyclic) bond motifs is 1. The third-order valence-electron chi connectivity index (χ3n) is 4.61. The Bertz CT molecular complexity index is 959. The molecule has 0 radical (unpaired) electrons. The van der Waals surface area contributed by atoms with Crippen molar-refractivity contribution in [2.24, 2.45) is 0 Å². The van der Waals surface area contributed by atoms with Crippen LogP contribution in [0.1, 0.15) is 29.6 Å². The number of halogens is 2. The fraction of sp³-hybridized carbons (Fsp3) is 0.263. The molecule has 7 heteroatoms. The molecule has 2 unspecified atom stereocenters. The maximum atomic E-state index is 13.8. The van der Waals surface area contributed by atoms with Crippen LogP contribution in [0.15, 0.2) is 42.5 Å². The first kappa shape index (κ1) is 16.9. The Kier molecular flexibility index (Phi) is 4.55. The number of thiazole rings is 1. The van der Waals surface area contributed by atoms with Gasteiger partial charge in [0.2, 0.25) is 0 Å². The molecule has 134 valence electrons. The lowest BCUT2D eigenvalue weighted by Gasteiger charge is -2.22. The van der Waals surface area contributed by atoms with Crippen LogP contribution in [0.5, 0.6) is 0 Å². The maximum Gasteiger partial charge on any atom is 0.254 e. The molecule has 2 aromatic carbocycles. The first-order chi connectivity index (χ1) is 12.6. The second kappa shape index (κ2) is 6.99. The molecular formula is C19H17F2N3OS. The van der Waals surface area contributed by atoms with Crippen LogP contribution >= 0.6 is 11.3 Å². The predicted octanol–water partition coefficient (Wildman–Crippen LogP) is 4.34. The van der Waals surface area contributed by atoms with Gasteiger partial charge in [0.15, 0.2) is 5.13 Å². The Morgan fingerprint density at radius 1 is 1.12 bits per heavy atom. The Hall–Kier alpha value is -2.54. The summed E-state index contributed by atoms with van der Waals surface area (Å²) in [7, 11) is 0. The number of nitrogens with zero attached hydrogens (tertiary/aromatic N) is 1. The van der Waals surface area contributed by atoms with Crippen LogP contribution in [-0.4, -0.2) is 23.0 Å². The summed E-state index contributed by atoms with van der Waals surface area (Å²) in [4.78, 5) is 16.8. The van der Waals surface area contributed by atoms with Crippen molar-refractivity contribution in [3.8, 4) is 0 Å². The molecule has 4 nitrogen and oxygen atoms in total. The topological polar surface area (TPSA) is 54.0 Å². The van der Waals surface area contributed by atoms with Crippen molar-refractivity contribution in [3.05, 3.63) is 59.7 Å². The van der Waals surface area contributed by atoms with Crippen LogP contribution in [0.2, 0.25) is 0 Å². The molecule has 3 aromatic rings. The molecule has 2 atom stereocenters. The van der Waals surface area contributed by atoms with E-state index in [2.05, 4.69) is 15.6 Å². The number of carbonyl (C=O) groups is 1. The minimum atomic E-state index is -0.527. The van der Waals surface area contributed by atoms with Gasteiger partial charge in [-0.2, -0.15) is 0 Å². The first-order valence-electron chi connectivity index (χ1n) is 8.48. The molecule has 0 bridgehead atoms. The number of aromatic nitrogens is 1. The molecule has 1 aliphatic carbocycles. The summed E-state index contributed by atoms with van der Waals surface area (Å²) in [6, 6.07) is 10.4. The number of benzene rings is 2. The van der Waals surface area contributed by atoms with Crippen LogP contribution in [0.25, 0.3) is 10.2 Å². The highest BCUT2D eigenvalue weighted by Gasteiger charge is 2.30. The average molecular weight is 373 g/mol. The van der Waals surface area contributed by atoms with E-state index in [1.807, 2.05) is 0 Å². The number of hydrogen-bond donors (Lipinski definition) is 2. The zero-order valence-corrected chi connectivity index (χ0v) is 14.7. The van der Waals surface area contributed by atoms with Crippen LogP contribution in [0, 0.1) is 11.6 Å². The Balaban J connectivity index is 1.47. The van der Waals surface area contributed by atoms with Gasteiger partial charge in [0.1, 0.15) is 11.6 Å². The molecule has 1 amide bonds. The summed E-state index contributed by atoms with van der Waals surface area (Å²) in [5.74, 6) is -1.22. The van der Waals surface area contributed by atoms with Crippen LogP contribution in [0.3, 0.4) is 0 Å². The molecule has 26 heavy (non-hydrogen) atoms. The maximum absolute atomic E-state index is 13.8. The van der Waals surface area contributed by atoms with Gasteiger partial charge in [-0.3, -0.25) is 4.79 Å². The van der Waals surface area contributed by atoms with Crippen LogP contribution in [-0.2, 0) is 0 Å². The summed E-state index contributed by atoms with van der Waals surface area (Å²) in [6.45, 7) is 0. The van der Waals surface area contributed by atoms with Crippen molar-refractivity contribution in [2.45, 2.75) is 31.3 Å². The Labute approximate surface area is 153 Å². The number of nitrogens with one attached hydrogen (secondary N) is 2. The van der Waals surface area contributed by atoms with Crippen molar-refractivity contribution in [3.63, 3.8) is 0 Å². The first-order valence-corrected chi connectivity index (χ1v) is 9.30. The van der Waals surface area contributed by atoms with Gasteiger partial charge < -0.3 is 10.6 Å². The van der Waals surface area contributed by atoms with Gasteiger partial charge >= 0.3 is 0 Å². The minimum absolute atomic E-state index is 0.0103. The van der Waals surface area contributed by atoms with E-state index in [0.29, 0.717) is 5.13 Å². The molecule has 1 saturated carbocycles. The van der Waals surface area contributed by atoms with Gasteiger partial charge in [-0.1, -0.05) is 23.5 Å². The lowest BCUT2D eigenvalue weighted by Crippen LogP contribution is -2.43. The lowest BCUT2D eigenvalue weighted by molar-refractivity contribution is 0.0932. The molecule has 1 aromatic heterocycles. The summed E-state index contributed by atoms with van der Waals surface area (Å²) in [6.07, 6.45) is 2.66. The lowest BCUT2D eigenvalue weighted by atomic mass is 10.1. The minimum Gasteiger partial charge on any atom is -0.357 e. The largest absolute Gasteiger partial charge is 0.357 e. The second-order valence-electron chi connectivity index (χ2n) is 6.37. The van der Waals surface area contributed by atoms with Crippen molar-refractivity contribution < 1.29 is 13.6 Å². The third kappa shape index (κ3) is 3.39. The van der Waals surface area contributed by atoms with E-state index in [0.717, 1.165) is 29.5 Å². The highest BCUT2D eigenvalue weighted by molar-refractivity contribution is 7.22. The van der Waals surface area contributed by atoms with Gasteiger partial charge in [0.05, 0.1) is 15.8 Å². The summed E-state index contributed by atoms with van der Waals surface area (Å²) < 4.78 is 27.9. The van der Waals surface area contributed by atoms with Gasteiger partial charge in [0, 0.05) is 12.1 Å². The number of carbonyl (C=O) groups excluding carboxylic acids is 1. The van der Waals surface area contributed by atoms with E-state index in [9.17, 15) is 13.6 Å². The number of hydrogen-bond acceptors (Lipinski definition) is 4. The van der Waals surface area contributed by atoms with E-state index < -0.39 is 11.7 Å². The molecule has 0 aliphatic heterocycles. The van der Waals surface area contributed by atoms with Gasteiger partial charge in [0.25, 0.3) is 5.91 Å². The van der Waals surface area contributed by atoms with Crippen molar-refractivity contribution >= 4 is 32.6 Å². The van der Waals surface area contributed by atoms with Gasteiger partial charge in [-0.05, 0) is 49.6 Å². The molecule has 1 heterocycles. The van der Waals surface area contributed by atoms with E-state index in [-0.39, 0.29) is 23.5 Å². The molecule has 1 aliphatic rings. The molecular weight excluding hydrogens is 356 g/mol. The quantitative estimate of drug-likeness (QED) is 0.715. The number of anilines is 1. The van der Waals surface area contributed by atoms with E-state index in [1.54, 1.807) is 18.2 Å². The van der Waals surface area contributed by atoms with Crippen molar-refractivity contribution in [1.82, 2.24) is 10.3 Å². The van der Waals surface area contributed by atoms with Crippen LogP contribution < -0.4 is 10.6 Å². The predicted molar refractivity (Wildman–Crippen MR) is 98.5 cm³/mol. The average Bonchev–Trinajstić information content (AvgIpc) is 3.21. The number of amides is 1. The summed E-state index contributed by atoms with van der Waals surface area (Å²) >= 11 is 1.38. The van der Waals surface area contributed by atoms with Gasteiger partial charge in [-0.15, -0.1) is 0 Å². The van der Waals surface area contributed by atoms with Crippen molar-refractivity contribution in [1.29, 1.82) is 0 Å². The zero-order valence-electron chi connectivity index (χ0n) is 13.8. The van der Waals surface area contributed by atoms with E-state index in [1.165, 1.54) is 35.6 Å². The molecule has 0 spiro atoms. The fourth-order valence-corrected chi connectivity index (χ4v) is 4.27. The smallest absolute Gasteiger partial charge is 0.254 e. The third-order valence-corrected chi connectivity index (χ3v) is 5.56. The second-order valence-corrected chi connectivity index (χ2v) is 7.40. The SMILES string of the molecule is O=C(NC1CCCC1Nc1nc2ccc(F)cc2s1)c1ccccc1F. The molecule has 1 fully saturated rings. The molecule has 2 N–H and O–H groups in total. The highest BCUT2D eigenvalue weighted by Crippen LogP contribution is 2.30. The number of rotatable bonds is 4. The summed E-state index contributed by atoms with van der Waals surface area (Å²) in [5, 5.41) is 6.97. The highest BCUT2D eigenvalue weighted by atomic mass is 32.1. The monoisotopic (exact) mass is 373 g/mol. The summed E-state index contributed by atoms with van der Waals surface area (Å²) in [5.41, 5.74) is 0.789. The van der Waals surface area contributed by atoms with Crippen molar-refractivity contribution in [2.75, 3.05) is 5.32 Å². The van der Waals surface area contributed by atoms with Crippen LogP contribution in [0.4, 0.5) is 13.9 Å². The molecule has 4 rings (SSSR count). The van der Waals surface area contributed by atoms with E-state index in [4.69, 9.17) is 0 Å². The zero-order chi connectivity index (χ0) is 18.1. The van der Waals surface area contributed by atoms with Gasteiger partial charge in [-0.25, -0.2) is 13.8 Å². The Morgan fingerprint density at radius 3 is 2.77 bits per heavy atom. The molecule has 0 saturated heterocycles. The normalized spacial score (nSPS) is 19.6. The fourth-order valence-electron chi connectivity index (χ4n) is 3.32.